The number of nitrogens with zero attached hydrogens (tertiary/aromatic N) is 1. The van der Waals surface area contributed by atoms with Crippen molar-refractivity contribution in [2.75, 3.05) is 0 Å². The fourth-order valence-electron chi connectivity index (χ4n) is 1.46. The zero-order valence-corrected chi connectivity index (χ0v) is 13.4. The molecule has 0 amide bonds. The highest BCUT2D eigenvalue weighted by molar-refractivity contribution is 14.1. The van der Waals surface area contributed by atoms with Crippen LogP contribution in [0.5, 0.6) is 5.75 Å². The standard InChI is InChI=1S/C14H11BrINO/c1-9-2-4-13(11(15)6-9)17-8-10-3-5-14(18)12(16)7-10/h2-8,18H,1H3. The molecule has 0 saturated heterocycles. The monoisotopic (exact) mass is 415 g/mol. The Morgan fingerprint density at radius 2 is 2.00 bits per heavy atom. The minimum absolute atomic E-state index is 0.296. The predicted octanol–water partition coefficient (Wildman–Crippen LogP) is 4.82. The van der Waals surface area contributed by atoms with Crippen LogP contribution in [0.1, 0.15) is 11.1 Å². The van der Waals surface area contributed by atoms with E-state index in [1.807, 2.05) is 37.3 Å². The van der Waals surface area contributed by atoms with Gasteiger partial charge in [-0.2, -0.15) is 0 Å². The van der Waals surface area contributed by atoms with E-state index in [-0.39, 0.29) is 0 Å². The fraction of sp³-hybridized carbons (Fsp3) is 0.0714. The molecule has 2 aromatic rings. The van der Waals surface area contributed by atoms with E-state index in [0.29, 0.717) is 5.75 Å². The summed E-state index contributed by atoms with van der Waals surface area (Å²) in [6, 6.07) is 11.4. The second kappa shape index (κ2) is 5.84. The predicted molar refractivity (Wildman–Crippen MR) is 87.0 cm³/mol. The highest BCUT2D eigenvalue weighted by atomic mass is 127. The van der Waals surface area contributed by atoms with E-state index in [0.717, 1.165) is 19.3 Å². The fourth-order valence-corrected chi connectivity index (χ4v) is 2.60. The van der Waals surface area contributed by atoms with Crippen molar-refractivity contribution in [2.24, 2.45) is 4.99 Å². The molecule has 0 aromatic heterocycles. The van der Waals surface area contributed by atoms with Crippen molar-refractivity contribution < 1.29 is 5.11 Å². The number of halogens is 2. The van der Waals surface area contributed by atoms with Crippen LogP contribution in [-0.4, -0.2) is 11.3 Å². The van der Waals surface area contributed by atoms with E-state index in [1.165, 1.54) is 5.56 Å². The van der Waals surface area contributed by atoms with Gasteiger partial charge in [0.05, 0.1) is 9.26 Å². The molecular weight excluding hydrogens is 405 g/mol. The normalized spacial score (nSPS) is 11.1. The third-order valence-corrected chi connectivity index (χ3v) is 3.93. The third kappa shape index (κ3) is 3.32. The lowest BCUT2D eigenvalue weighted by atomic mass is 10.2. The minimum atomic E-state index is 0.296. The molecule has 0 unspecified atom stereocenters. The second-order valence-electron chi connectivity index (χ2n) is 3.92. The molecule has 0 atom stereocenters. The largest absolute Gasteiger partial charge is 0.507 e. The Bertz CT molecular complexity index is 611. The molecule has 18 heavy (non-hydrogen) atoms. The van der Waals surface area contributed by atoms with Crippen molar-refractivity contribution in [1.82, 2.24) is 0 Å². The summed E-state index contributed by atoms with van der Waals surface area (Å²) in [4.78, 5) is 4.43. The van der Waals surface area contributed by atoms with E-state index in [4.69, 9.17) is 0 Å². The summed E-state index contributed by atoms with van der Waals surface area (Å²) in [6.07, 6.45) is 1.79. The Morgan fingerprint density at radius 3 is 2.67 bits per heavy atom. The first-order chi connectivity index (χ1) is 8.56. The Hall–Kier alpha value is -0.880. The van der Waals surface area contributed by atoms with Gasteiger partial charge >= 0.3 is 0 Å². The van der Waals surface area contributed by atoms with E-state index < -0.39 is 0 Å². The van der Waals surface area contributed by atoms with Gasteiger partial charge in [0.1, 0.15) is 5.75 Å². The first-order valence-corrected chi connectivity index (χ1v) is 7.22. The van der Waals surface area contributed by atoms with Crippen LogP contribution < -0.4 is 0 Å². The number of phenolic OH excluding ortho intramolecular Hbond substituents is 1. The van der Waals surface area contributed by atoms with Crippen LogP contribution in [-0.2, 0) is 0 Å². The number of aliphatic imine (C=N–C) groups is 1. The highest BCUT2D eigenvalue weighted by Gasteiger charge is 1.99. The Balaban J connectivity index is 2.27. The number of hydrogen-bond donors (Lipinski definition) is 1. The number of aromatic hydroxyl groups is 1. The summed E-state index contributed by atoms with van der Waals surface area (Å²) < 4.78 is 1.80. The van der Waals surface area contributed by atoms with Gasteiger partial charge in [0.15, 0.2) is 0 Å². The van der Waals surface area contributed by atoms with Crippen molar-refractivity contribution in [3.8, 4) is 5.75 Å². The second-order valence-corrected chi connectivity index (χ2v) is 5.94. The summed E-state index contributed by atoms with van der Waals surface area (Å²) in [5.74, 6) is 0.296. The molecule has 0 heterocycles. The van der Waals surface area contributed by atoms with Crippen LogP contribution in [0, 0.1) is 10.5 Å². The van der Waals surface area contributed by atoms with Crippen LogP contribution in [0.2, 0.25) is 0 Å². The van der Waals surface area contributed by atoms with E-state index >= 15 is 0 Å². The van der Waals surface area contributed by atoms with Gasteiger partial charge in [0, 0.05) is 10.7 Å². The molecule has 0 bridgehead atoms. The van der Waals surface area contributed by atoms with Crippen molar-refractivity contribution in [2.45, 2.75) is 6.92 Å². The molecule has 0 radical (unpaired) electrons. The lowest BCUT2D eigenvalue weighted by molar-refractivity contribution is 0.471. The van der Waals surface area contributed by atoms with Crippen LogP contribution >= 0.6 is 38.5 Å². The molecule has 0 saturated carbocycles. The number of benzene rings is 2. The van der Waals surface area contributed by atoms with E-state index in [1.54, 1.807) is 12.3 Å². The maximum atomic E-state index is 9.44. The number of aryl methyl sites for hydroxylation is 1. The van der Waals surface area contributed by atoms with Gasteiger partial charge < -0.3 is 5.11 Å². The quantitative estimate of drug-likeness (QED) is 0.553. The van der Waals surface area contributed by atoms with Crippen LogP contribution in [0.15, 0.2) is 45.9 Å². The van der Waals surface area contributed by atoms with Gasteiger partial charge in [-0.3, -0.25) is 4.99 Å². The smallest absolute Gasteiger partial charge is 0.128 e. The summed E-state index contributed by atoms with van der Waals surface area (Å²) in [5.41, 5.74) is 3.05. The Morgan fingerprint density at radius 1 is 1.22 bits per heavy atom. The van der Waals surface area contributed by atoms with Crippen LogP contribution in [0.25, 0.3) is 0 Å². The van der Waals surface area contributed by atoms with Gasteiger partial charge in [0.25, 0.3) is 0 Å². The third-order valence-electron chi connectivity index (χ3n) is 2.43. The maximum absolute atomic E-state index is 9.44. The summed E-state index contributed by atoms with van der Waals surface area (Å²) >= 11 is 5.59. The van der Waals surface area contributed by atoms with Crippen molar-refractivity contribution in [3.63, 3.8) is 0 Å². The molecule has 0 fully saturated rings. The molecule has 92 valence electrons. The minimum Gasteiger partial charge on any atom is -0.507 e. The summed E-state index contributed by atoms with van der Waals surface area (Å²) in [5, 5.41) is 9.44. The van der Waals surface area contributed by atoms with Crippen LogP contribution in [0.4, 0.5) is 5.69 Å². The molecule has 2 nitrogen and oxygen atoms in total. The first-order valence-electron chi connectivity index (χ1n) is 5.35. The molecular formula is C14H11BrINO. The molecule has 4 heteroatoms. The lowest BCUT2D eigenvalue weighted by Crippen LogP contribution is -1.83. The van der Waals surface area contributed by atoms with Gasteiger partial charge in [-0.15, -0.1) is 0 Å². The zero-order chi connectivity index (χ0) is 13.1. The van der Waals surface area contributed by atoms with Gasteiger partial charge in [-0.1, -0.05) is 6.07 Å². The molecule has 2 rings (SSSR count). The molecule has 1 N–H and O–H groups in total. The summed E-state index contributed by atoms with van der Waals surface area (Å²) in [6.45, 7) is 2.04. The molecule has 0 spiro atoms. The van der Waals surface area contributed by atoms with Crippen LogP contribution in [0.3, 0.4) is 0 Å². The average molecular weight is 416 g/mol. The van der Waals surface area contributed by atoms with E-state index in [2.05, 4.69) is 43.5 Å². The number of hydrogen-bond acceptors (Lipinski definition) is 2. The van der Waals surface area contributed by atoms with Gasteiger partial charge in [-0.25, -0.2) is 0 Å². The van der Waals surface area contributed by atoms with Crippen molar-refractivity contribution >= 4 is 50.4 Å². The van der Waals surface area contributed by atoms with Crippen molar-refractivity contribution in [3.05, 3.63) is 55.6 Å². The average Bonchev–Trinajstić information content (AvgIpc) is 2.32. The molecule has 0 aliphatic heterocycles. The lowest BCUT2D eigenvalue weighted by Gasteiger charge is -2.01. The molecule has 0 aliphatic rings. The Labute approximate surface area is 128 Å². The topological polar surface area (TPSA) is 32.6 Å². The van der Waals surface area contributed by atoms with E-state index in [9.17, 15) is 5.11 Å². The molecule has 2 aromatic carbocycles. The number of phenols is 1. The SMILES string of the molecule is Cc1ccc(N=Cc2ccc(O)c(I)c2)c(Br)c1. The molecule has 0 aliphatic carbocycles. The zero-order valence-electron chi connectivity index (χ0n) is 9.69. The Kier molecular flexibility index (Phi) is 4.40. The first kappa shape index (κ1) is 13.5. The number of rotatable bonds is 2. The van der Waals surface area contributed by atoms with Gasteiger partial charge in [-0.05, 0) is 86.9 Å². The maximum Gasteiger partial charge on any atom is 0.128 e. The van der Waals surface area contributed by atoms with Crippen molar-refractivity contribution in [1.29, 1.82) is 0 Å². The highest BCUT2D eigenvalue weighted by Crippen LogP contribution is 2.26. The van der Waals surface area contributed by atoms with Gasteiger partial charge in [0.2, 0.25) is 0 Å². The summed E-state index contributed by atoms with van der Waals surface area (Å²) in [7, 11) is 0.